The summed E-state index contributed by atoms with van der Waals surface area (Å²) in [6, 6.07) is 0. The minimum absolute atomic E-state index is 0.385. The molecule has 1 saturated carbocycles. The van der Waals surface area contributed by atoms with E-state index in [2.05, 4.69) is 71.1 Å². The van der Waals surface area contributed by atoms with E-state index in [1.807, 2.05) is 0 Å². The van der Waals surface area contributed by atoms with Gasteiger partial charge in [-0.05, 0) is 40.9 Å². The normalized spacial score (nSPS) is 34.4. The molecule has 20 heavy (non-hydrogen) atoms. The van der Waals surface area contributed by atoms with Gasteiger partial charge in [-0.1, -0.05) is 73.4 Å². The Morgan fingerprint density at radius 3 is 2.00 bits per heavy atom. The van der Waals surface area contributed by atoms with Crippen LogP contribution in [-0.2, 0) is 0 Å². The summed E-state index contributed by atoms with van der Waals surface area (Å²) in [5.74, 6) is 1.72. The maximum absolute atomic E-state index is 2.59. The Bertz CT molecular complexity index is 338. The number of hydrogen-bond acceptors (Lipinski definition) is 0. The van der Waals surface area contributed by atoms with E-state index < -0.39 is 0 Å². The van der Waals surface area contributed by atoms with Crippen LogP contribution in [-0.4, -0.2) is 15.7 Å². The highest BCUT2D eigenvalue weighted by molar-refractivity contribution is 6.40. The molecule has 0 aromatic rings. The molecule has 0 N–H and O–H groups in total. The lowest BCUT2D eigenvalue weighted by Crippen LogP contribution is -2.40. The van der Waals surface area contributed by atoms with Crippen LogP contribution in [0.2, 0.25) is 5.21 Å². The van der Waals surface area contributed by atoms with E-state index in [9.17, 15) is 0 Å². The molecule has 1 aliphatic carbocycles. The van der Waals surface area contributed by atoms with Gasteiger partial charge in [0.25, 0.3) is 0 Å². The van der Waals surface area contributed by atoms with Crippen LogP contribution in [0.3, 0.4) is 0 Å². The summed E-state index contributed by atoms with van der Waals surface area (Å²) < 4.78 is 0. The molecule has 116 valence electrons. The van der Waals surface area contributed by atoms with Crippen LogP contribution >= 0.6 is 0 Å². The molecule has 3 atom stereocenters. The van der Waals surface area contributed by atoms with Gasteiger partial charge in [-0.15, -0.1) is 0 Å². The predicted octanol–water partition coefficient (Wildman–Crippen LogP) is 4.29. The van der Waals surface area contributed by atoms with Crippen molar-refractivity contribution in [3.05, 3.63) is 0 Å². The summed E-state index contributed by atoms with van der Waals surface area (Å²) in [7, 11) is 4.96. The van der Waals surface area contributed by atoms with E-state index in [-0.39, 0.29) is 0 Å². The summed E-state index contributed by atoms with van der Waals surface area (Å²) in [5.41, 5.74) is 1.36. The van der Waals surface area contributed by atoms with Crippen molar-refractivity contribution in [2.75, 3.05) is 0 Å². The molecule has 0 radical (unpaired) electrons. The maximum atomic E-state index is 2.59. The fourth-order valence-corrected chi connectivity index (χ4v) is 4.35. The molecule has 0 nitrogen and oxygen atoms in total. The highest BCUT2D eigenvalue weighted by atomic mass is 14.6. The topological polar surface area (TPSA) is 0 Å². The van der Waals surface area contributed by atoms with Crippen molar-refractivity contribution >= 4 is 15.7 Å². The van der Waals surface area contributed by atoms with E-state index in [1.54, 1.807) is 0 Å². The first-order valence-corrected chi connectivity index (χ1v) is 8.79. The highest BCUT2D eigenvalue weighted by Gasteiger charge is 2.55. The fourth-order valence-electron chi connectivity index (χ4n) is 4.35. The minimum Gasteiger partial charge on any atom is -0.0796 e. The second-order valence-corrected chi connectivity index (χ2v) is 10.1. The summed E-state index contributed by atoms with van der Waals surface area (Å²) in [5, 5.41) is 0.410. The van der Waals surface area contributed by atoms with Gasteiger partial charge in [0.2, 0.25) is 0 Å². The third kappa shape index (κ3) is 2.86. The zero-order chi connectivity index (χ0) is 16.0. The molecule has 0 amide bonds. The van der Waals surface area contributed by atoms with Crippen molar-refractivity contribution in [2.24, 2.45) is 28.1 Å². The Morgan fingerprint density at radius 1 is 1.10 bits per heavy atom. The number of hydrogen-bond donors (Lipinski definition) is 0. The van der Waals surface area contributed by atoms with Crippen molar-refractivity contribution in [1.29, 1.82) is 0 Å². The van der Waals surface area contributed by atoms with E-state index in [1.165, 1.54) is 25.7 Å². The molecule has 0 heterocycles. The quantitative estimate of drug-likeness (QED) is 0.672. The van der Waals surface area contributed by atoms with Gasteiger partial charge in [-0.25, -0.2) is 0 Å². The molecule has 0 aromatic heterocycles. The molecule has 0 aliphatic heterocycles. The highest BCUT2D eigenvalue weighted by Crippen LogP contribution is 2.64. The maximum Gasteiger partial charge on any atom is 0.0998 e. The summed E-state index contributed by atoms with van der Waals surface area (Å²) in [6.07, 6.45) is 5.50. The van der Waals surface area contributed by atoms with E-state index in [4.69, 9.17) is 0 Å². The minimum atomic E-state index is 0.385. The van der Waals surface area contributed by atoms with Crippen LogP contribution in [0.15, 0.2) is 0 Å². The van der Waals surface area contributed by atoms with Gasteiger partial charge < -0.3 is 0 Å². The van der Waals surface area contributed by atoms with Crippen LogP contribution < -0.4 is 0 Å². The second-order valence-electron chi connectivity index (χ2n) is 10.1. The zero-order valence-corrected chi connectivity index (χ0v) is 16.0. The monoisotopic (exact) mass is 276 g/mol. The van der Waals surface area contributed by atoms with Gasteiger partial charge in [0.15, 0.2) is 0 Å². The Hall–Kier alpha value is 0.130. The van der Waals surface area contributed by atoms with Crippen molar-refractivity contribution < 1.29 is 0 Å². The Kier molecular flexibility index (Phi) is 4.91. The lowest BCUT2D eigenvalue weighted by molar-refractivity contribution is 0.0418. The molecular weight excluding hydrogens is 238 g/mol. The summed E-state index contributed by atoms with van der Waals surface area (Å²) in [6.45, 7) is 19.7. The van der Waals surface area contributed by atoms with Gasteiger partial charge in [0.05, 0.1) is 15.7 Å². The Morgan fingerprint density at radius 2 is 1.60 bits per heavy atom. The van der Waals surface area contributed by atoms with Crippen molar-refractivity contribution in [3.63, 3.8) is 0 Å². The standard InChI is InChI=1S/C18H38B2/c1-9-10-17(8)14(11-13(2)16(17,6)7)12-18(19,20)15(3,4)5/h13-14H,9-12,19-20H2,1-8H3. The molecule has 0 saturated heterocycles. The van der Waals surface area contributed by atoms with Gasteiger partial charge in [-0.2, -0.15) is 0 Å². The molecule has 0 bridgehead atoms. The number of rotatable bonds is 4. The first-order valence-electron chi connectivity index (χ1n) is 8.79. The average molecular weight is 276 g/mol. The van der Waals surface area contributed by atoms with Crippen LogP contribution in [0.25, 0.3) is 0 Å². The molecule has 0 spiro atoms. The zero-order valence-electron chi connectivity index (χ0n) is 16.0. The second kappa shape index (κ2) is 5.40. The SMILES string of the molecule is BC(B)(CC1CC(C)C(C)(C)C1(C)CCC)C(C)(C)C. The summed E-state index contributed by atoms with van der Waals surface area (Å²) in [4.78, 5) is 0. The molecule has 1 fully saturated rings. The van der Waals surface area contributed by atoms with Gasteiger partial charge >= 0.3 is 0 Å². The van der Waals surface area contributed by atoms with Gasteiger partial charge in [0.1, 0.15) is 0 Å². The van der Waals surface area contributed by atoms with Gasteiger partial charge in [-0.3, -0.25) is 0 Å². The first-order chi connectivity index (χ1) is 8.79. The van der Waals surface area contributed by atoms with Gasteiger partial charge in [0, 0.05) is 0 Å². The van der Waals surface area contributed by atoms with Crippen molar-refractivity contribution in [1.82, 2.24) is 0 Å². The third-order valence-electron chi connectivity index (χ3n) is 7.80. The molecule has 2 heteroatoms. The van der Waals surface area contributed by atoms with Crippen LogP contribution in [0.1, 0.15) is 81.1 Å². The predicted molar refractivity (Wildman–Crippen MR) is 97.9 cm³/mol. The Labute approximate surface area is 130 Å². The molecular formula is C18H38B2. The third-order valence-corrected chi connectivity index (χ3v) is 7.80. The smallest absolute Gasteiger partial charge is 0.0796 e. The lowest BCUT2D eigenvalue weighted by atomic mass is 9.40. The molecule has 0 aromatic carbocycles. The molecule has 3 unspecified atom stereocenters. The average Bonchev–Trinajstić information content (AvgIpc) is 2.39. The van der Waals surface area contributed by atoms with Crippen molar-refractivity contribution in [3.8, 4) is 0 Å². The van der Waals surface area contributed by atoms with E-state index in [0.717, 1.165) is 11.8 Å². The van der Waals surface area contributed by atoms with Crippen molar-refractivity contribution in [2.45, 2.75) is 86.3 Å². The lowest BCUT2D eigenvalue weighted by Gasteiger charge is -2.48. The summed E-state index contributed by atoms with van der Waals surface area (Å²) >= 11 is 0. The van der Waals surface area contributed by atoms with Crippen LogP contribution in [0, 0.1) is 28.1 Å². The van der Waals surface area contributed by atoms with E-state index >= 15 is 0 Å². The van der Waals surface area contributed by atoms with Crippen LogP contribution in [0.5, 0.6) is 0 Å². The molecule has 1 aliphatic rings. The fraction of sp³-hybridized carbons (Fsp3) is 1.00. The Balaban J connectivity index is 3.06. The van der Waals surface area contributed by atoms with E-state index in [0.29, 0.717) is 21.5 Å². The van der Waals surface area contributed by atoms with Crippen LogP contribution in [0.4, 0.5) is 0 Å². The first kappa shape index (κ1) is 18.2. The largest absolute Gasteiger partial charge is 0.0998 e. The molecule has 1 rings (SSSR count).